The molecule has 5 heteroatoms. The zero-order chi connectivity index (χ0) is 13.7. The van der Waals surface area contributed by atoms with Crippen molar-refractivity contribution in [1.29, 1.82) is 0 Å². The minimum atomic E-state index is -0.483. The first-order valence-electron chi connectivity index (χ1n) is 5.57. The quantitative estimate of drug-likeness (QED) is 0.635. The molecule has 2 aromatic rings. The van der Waals surface area contributed by atoms with E-state index in [-0.39, 0.29) is 6.61 Å². The van der Waals surface area contributed by atoms with Gasteiger partial charge in [0.05, 0.1) is 18.3 Å². The summed E-state index contributed by atoms with van der Waals surface area (Å²) in [4.78, 5) is 11.5. The lowest BCUT2D eigenvalue weighted by atomic mass is 10.2. The molecule has 19 heavy (non-hydrogen) atoms. The fraction of sp³-hybridized carbons (Fsp3) is 0.143. The lowest BCUT2D eigenvalue weighted by Crippen LogP contribution is -2.04. The standard InChI is InChI=1S/C14H11ClN2O2/c1-2-7-19-14(18)12-8-16-17(10-12)9-11-5-3-4-6-13(11)15/h1,3-6,8,10H,7,9H2. The Hall–Kier alpha value is -2.25. The normalized spacial score (nSPS) is 9.89. The first kappa shape index (κ1) is 13.2. The number of terminal acetylenes is 1. The molecule has 1 heterocycles. The highest BCUT2D eigenvalue weighted by atomic mass is 35.5. The van der Waals surface area contributed by atoms with Gasteiger partial charge in [0.1, 0.15) is 0 Å². The summed E-state index contributed by atoms with van der Waals surface area (Å²) < 4.78 is 6.43. The SMILES string of the molecule is C#CCOC(=O)c1cnn(Cc2ccccc2Cl)c1. The fourth-order valence-corrected chi connectivity index (χ4v) is 1.74. The highest BCUT2D eigenvalue weighted by Gasteiger charge is 2.10. The summed E-state index contributed by atoms with van der Waals surface area (Å²) in [5.74, 6) is 1.75. The highest BCUT2D eigenvalue weighted by molar-refractivity contribution is 6.31. The summed E-state index contributed by atoms with van der Waals surface area (Å²) in [6, 6.07) is 7.47. The van der Waals surface area contributed by atoms with E-state index in [1.54, 1.807) is 10.9 Å². The van der Waals surface area contributed by atoms with Crippen molar-refractivity contribution in [2.24, 2.45) is 0 Å². The molecule has 1 aromatic carbocycles. The zero-order valence-corrected chi connectivity index (χ0v) is 10.8. The summed E-state index contributed by atoms with van der Waals surface area (Å²) in [7, 11) is 0. The molecular weight excluding hydrogens is 264 g/mol. The molecule has 0 spiro atoms. The highest BCUT2D eigenvalue weighted by Crippen LogP contribution is 2.16. The van der Waals surface area contributed by atoms with Crippen LogP contribution in [0.5, 0.6) is 0 Å². The minimum Gasteiger partial charge on any atom is -0.449 e. The van der Waals surface area contributed by atoms with Crippen molar-refractivity contribution in [3.05, 3.63) is 52.8 Å². The molecule has 0 amide bonds. The van der Waals surface area contributed by atoms with Crippen molar-refractivity contribution in [2.45, 2.75) is 6.54 Å². The van der Waals surface area contributed by atoms with Gasteiger partial charge in [0, 0.05) is 11.2 Å². The second kappa shape index (κ2) is 6.07. The number of carbonyl (C=O) groups excluding carboxylic acids is 1. The molecule has 0 N–H and O–H groups in total. The number of carbonyl (C=O) groups is 1. The average molecular weight is 275 g/mol. The zero-order valence-electron chi connectivity index (χ0n) is 10.0. The molecule has 0 unspecified atom stereocenters. The van der Waals surface area contributed by atoms with Crippen LogP contribution >= 0.6 is 11.6 Å². The first-order valence-corrected chi connectivity index (χ1v) is 5.95. The van der Waals surface area contributed by atoms with Crippen LogP contribution in [0, 0.1) is 12.3 Å². The predicted molar refractivity (Wildman–Crippen MR) is 71.9 cm³/mol. The molecule has 0 atom stereocenters. The lowest BCUT2D eigenvalue weighted by molar-refractivity contribution is 0.0556. The summed E-state index contributed by atoms with van der Waals surface area (Å²) >= 11 is 6.06. The number of halogens is 1. The minimum absolute atomic E-state index is 0.0471. The Bertz CT molecular complexity index is 628. The third-order valence-electron chi connectivity index (χ3n) is 2.45. The van der Waals surface area contributed by atoms with Crippen molar-refractivity contribution < 1.29 is 9.53 Å². The molecule has 96 valence electrons. The van der Waals surface area contributed by atoms with Crippen LogP contribution in [0.2, 0.25) is 5.02 Å². The molecule has 0 aliphatic carbocycles. The van der Waals surface area contributed by atoms with E-state index < -0.39 is 5.97 Å². The van der Waals surface area contributed by atoms with Gasteiger partial charge in [0.2, 0.25) is 0 Å². The van der Waals surface area contributed by atoms with Crippen LogP contribution in [0.15, 0.2) is 36.7 Å². The molecular formula is C14H11ClN2O2. The number of benzene rings is 1. The fourth-order valence-electron chi connectivity index (χ4n) is 1.55. The summed E-state index contributed by atoms with van der Waals surface area (Å²) in [6.07, 6.45) is 8.06. The van der Waals surface area contributed by atoms with E-state index in [9.17, 15) is 4.79 Å². The van der Waals surface area contributed by atoms with Crippen LogP contribution in [0.3, 0.4) is 0 Å². The third-order valence-corrected chi connectivity index (χ3v) is 2.81. The monoisotopic (exact) mass is 274 g/mol. The van der Waals surface area contributed by atoms with Crippen LogP contribution in [0.4, 0.5) is 0 Å². The topological polar surface area (TPSA) is 44.1 Å². The van der Waals surface area contributed by atoms with Crippen LogP contribution in [-0.2, 0) is 11.3 Å². The Labute approximate surface area is 115 Å². The van der Waals surface area contributed by atoms with Crippen molar-refractivity contribution in [3.63, 3.8) is 0 Å². The maximum atomic E-state index is 11.5. The first-order chi connectivity index (χ1) is 9.20. The van der Waals surface area contributed by atoms with Gasteiger partial charge >= 0.3 is 5.97 Å². The van der Waals surface area contributed by atoms with Crippen LogP contribution in [0.1, 0.15) is 15.9 Å². The van der Waals surface area contributed by atoms with Crippen molar-refractivity contribution in [3.8, 4) is 12.3 Å². The van der Waals surface area contributed by atoms with Crippen molar-refractivity contribution >= 4 is 17.6 Å². The van der Waals surface area contributed by atoms with Gasteiger partial charge in [-0.25, -0.2) is 4.79 Å². The number of rotatable bonds is 4. The Morgan fingerprint density at radius 1 is 1.47 bits per heavy atom. The molecule has 1 aromatic heterocycles. The predicted octanol–water partition coefficient (Wildman–Crippen LogP) is 2.37. The van der Waals surface area contributed by atoms with Crippen LogP contribution in [-0.4, -0.2) is 22.4 Å². The molecule has 2 rings (SSSR count). The maximum Gasteiger partial charge on any atom is 0.342 e. The number of hydrogen-bond acceptors (Lipinski definition) is 3. The molecule has 0 aliphatic rings. The van der Waals surface area contributed by atoms with Gasteiger partial charge in [-0.2, -0.15) is 5.10 Å². The number of ether oxygens (including phenoxy) is 1. The van der Waals surface area contributed by atoms with Crippen LogP contribution in [0.25, 0.3) is 0 Å². The number of aromatic nitrogens is 2. The van der Waals surface area contributed by atoms with Gasteiger partial charge in [-0.05, 0) is 11.6 Å². The Balaban J connectivity index is 2.08. The van der Waals surface area contributed by atoms with E-state index in [0.717, 1.165) is 5.56 Å². The van der Waals surface area contributed by atoms with Gasteiger partial charge in [-0.3, -0.25) is 4.68 Å². The molecule has 0 radical (unpaired) electrons. The molecule has 4 nitrogen and oxygen atoms in total. The van der Waals surface area contributed by atoms with Crippen molar-refractivity contribution in [1.82, 2.24) is 9.78 Å². The molecule has 0 fully saturated rings. The molecule has 0 bridgehead atoms. The smallest absolute Gasteiger partial charge is 0.342 e. The van der Waals surface area contributed by atoms with E-state index in [2.05, 4.69) is 11.0 Å². The summed E-state index contributed by atoms with van der Waals surface area (Å²) in [5.41, 5.74) is 1.29. The second-order valence-corrected chi connectivity index (χ2v) is 4.21. The Morgan fingerprint density at radius 2 is 2.26 bits per heavy atom. The number of hydrogen-bond donors (Lipinski definition) is 0. The van der Waals surface area contributed by atoms with Gasteiger partial charge in [-0.15, -0.1) is 6.42 Å². The Morgan fingerprint density at radius 3 is 3.00 bits per heavy atom. The number of nitrogens with zero attached hydrogens (tertiary/aromatic N) is 2. The Kier molecular flexibility index (Phi) is 4.22. The van der Waals surface area contributed by atoms with Crippen LogP contribution < -0.4 is 0 Å². The third kappa shape index (κ3) is 3.36. The molecule has 0 saturated heterocycles. The van der Waals surface area contributed by atoms with Gasteiger partial charge in [-0.1, -0.05) is 35.7 Å². The largest absolute Gasteiger partial charge is 0.449 e. The van der Waals surface area contributed by atoms with E-state index >= 15 is 0 Å². The number of esters is 1. The van der Waals surface area contributed by atoms with E-state index in [4.69, 9.17) is 22.8 Å². The molecule has 0 aliphatic heterocycles. The van der Waals surface area contributed by atoms with Gasteiger partial charge in [0.25, 0.3) is 0 Å². The average Bonchev–Trinajstić information content (AvgIpc) is 2.87. The summed E-state index contributed by atoms with van der Waals surface area (Å²) in [6.45, 7) is 0.441. The van der Waals surface area contributed by atoms with Gasteiger partial charge < -0.3 is 4.74 Å². The van der Waals surface area contributed by atoms with E-state index in [1.807, 2.05) is 24.3 Å². The molecule has 0 saturated carbocycles. The summed E-state index contributed by atoms with van der Waals surface area (Å²) in [5, 5.41) is 4.75. The van der Waals surface area contributed by atoms with E-state index in [1.165, 1.54) is 6.20 Å². The van der Waals surface area contributed by atoms with E-state index in [0.29, 0.717) is 17.1 Å². The van der Waals surface area contributed by atoms with Crippen molar-refractivity contribution in [2.75, 3.05) is 6.61 Å². The second-order valence-electron chi connectivity index (χ2n) is 3.80. The van der Waals surface area contributed by atoms with Gasteiger partial charge in [0.15, 0.2) is 6.61 Å². The maximum absolute atomic E-state index is 11.5. The lowest BCUT2D eigenvalue weighted by Gasteiger charge is -2.03.